The maximum atomic E-state index is 8.80. The first-order valence-electron chi connectivity index (χ1n) is 3.84. The van der Waals surface area contributed by atoms with E-state index in [-0.39, 0.29) is 5.88 Å². The average Bonchev–Trinajstić information content (AvgIpc) is 1.98. The van der Waals surface area contributed by atoms with Crippen molar-refractivity contribution >= 4 is 5.71 Å². The molecule has 66 valence electrons. The Morgan fingerprint density at radius 2 is 2.00 bits per heavy atom. The molecule has 0 aliphatic rings. The lowest BCUT2D eigenvalue weighted by Crippen LogP contribution is -1.94. The Kier molecular flexibility index (Phi) is 4.77. The SMILES string of the molecule is C=C(O)N=C(C)C(/C=C\C)=C/C. The maximum absolute atomic E-state index is 8.80. The van der Waals surface area contributed by atoms with Crippen LogP contribution in [0.25, 0.3) is 0 Å². The summed E-state index contributed by atoms with van der Waals surface area (Å²) in [7, 11) is 0. The van der Waals surface area contributed by atoms with Gasteiger partial charge in [-0.15, -0.1) is 0 Å². The monoisotopic (exact) mass is 165 g/mol. The summed E-state index contributed by atoms with van der Waals surface area (Å²) in [5, 5.41) is 8.80. The Labute approximate surface area is 73.6 Å². The minimum atomic E-state index is -0.156. The molecular weight excluding hydrogens is 150 g/mol. The van der Waals surface area contributed by atoms with Gasteiger partial charge >= 0.3 is 0 Å². The van der Waals surface area contributed by atoms with Crippen molar-refractivity contribution in [3.63, 3.8) is 0 Å². The maximum Gasteiger partial charge on any atom is 0.203 e. The first kappa shape index (κ1) is 10.7. The van der Waals surface area contributed by atoms with Crippen molar-refractivity contribution in [3.05, 3.63) is 36.3 Å². The zero-order valence-electron chi connectivity index (χ0n) is 7.83. The van der Waals surface area contributed by atoms with Gasteiger partial charge in [-0.2, -0.15) is 0 Å². The highest BCUT2D eigenvalue weighted by Crippen LogP contribution is 2.02. The molecule has 0 heterocycles. The van der Waals surface area contributed by atoms with E-state index >= 15 is 0 Å². The number of hydrogen-bond donors (Lipinski definition) is 1. The van der Waals surface area contributed by atoms with Crippen LogP contribution in [0.15, 0.2) is 41.3 Å². The summed E-state index contributed by atoms with van der Waals surface area (Å²) in [6.45, 7) is 8.98. The fourth-order valence-corrected chi connectivity index (χ4v) is 0.863. The lowest BCUT2D eigenvalue weighted by molar-refractivity contribution is 0.410. The third-order valence-corrected chi connectivity index (χ3v) is 1.37. The second-order valence-electron chi connectivity index (χ2n) is 2.36. The van der Waals surface area contributed by atoms with Gasteiger partial charge in [-0.05, 0) is 32.9 Å². The van der Waals surface area contributed by atoms with E-state index in [1.54, 1.807) is 0 Å². The molecule has 0 atom stereocenters. The van der Waals surface area contributed by atoms with Crippen molar-refractivity contribution in [2.24, 2.45) is 4.99 Å². The van der Waals surface area contributed by atoms with Crippen LogP contribution in [0.4, 0.5) is 0 Å². The third-order valence-electron chi connectivity index (χ3n) is 1.37. The van der Waals surface area contributed by atoms with E-state index in [9.17, 15) is 0 Å². The van der Waals surface area contributed by atoms with Gasteiger partial charge in [0.05, 0.1) is 0 Å². The number of nitrogens with zero attached hydrogens (tertiary/aromatic N) is 1. The molecule has 0 spiro atoms. The quantitative estimate of drug-likeness (QED) is 0.389. The molecule has 1 N–H and O–H groups in total. The molecule has 0 fully saturated rings. The van der Waals surface area contributed by atoms with Gasteiger partial charge in [-0.1, -0.05) is 18.2 Å². The number of hydrogen-bond acceptors (Lipinski definition) is 2. The lowest BCUT2D eigenvalue weighted by atomic mass is 10.1. The van der Waals surface area contributed by atoms with Gasteiger partial charge in [0.15, 0.2) is 0 Å². The molecule has 2 heteroatoms. The van der Waals surface area contributed by atoms with Gasteiger partial charge < -0.3 is 5.11 Å². The number of aliphatic hydroxyl groups excluding tert-OH is 1. The summed E-state index contributed by atoms with van der Waals surface area (Å²) in [6.07, 6.45) is 5.79. The van der Waals surface area contributed by atoms with Crippen LogP contribution in [0.2, 0.25) is 0 Å². The van der Waals surface area contributed by atoms with Gasteiger partial charge in [0.2, 0.25) is 5.88 Å². The number of aliphatic hydroxyl groups is 1. The largest absolute Gasteiger partial charge is 0.494 e. The van der Waals surface area contributed by atoms with E-state index in [1.165, 1.54) is 0 Å². The molecule has 0 saturated carbocycles. The van der Waals surface area contributed by atoms with Crippen molar-refractivity contribution in [1.82, 2.24) is 0 Å². The average molecular weight is 165 g/mol. The Bertz CT molecular complexity index is 247. The van der Waals surface area contributed by atoms with Gasteiger partial charge in [0.25, 0.3) is 0 Å². The first-order chi connectivity index (χ1) is 5.61. The predicted molar refractivity (Wildman–Crippen MR) is 53.4 cm³/mol. The minimum Gasteiger partial charge on any atom is -0.494 e. The van der Waals surface area contributed by atoms with Crippen molar-refractivity contribution < 1.29 is 5.11 Å². The highest BCUT2D eigenvalue weighted by molar-refractivity contribution is 6.01. The van der Waals surface area contributed by atoms with Gasteiger partial charge in [-0.25, -0.2) is 4.99 Å². The molecule has 0 aliphatic heterocycles. The summed E-state index contributed by atoms with van der Waals surface area (Å²) < 4.78 is 0. The van der Waals surface area contributed by atoms with E-state index in [1.807, 2.05) is 39.0 Å². The minimum absolute atomic E-state index is 0.156. The second-order valence-corrected chi connectivity index (χ2v) is 2.36. The summed E-state index contributed by atoms with van der Waals surface area (Å²) >= 11 is 0. The van der Waals surface area contributed by atoms with Crippen molar-refractivity contribution in [2.75, 3.05) is 0 Å². The molecule has 0 amide bonds. The molecule has 2 nitrogen and oxygen atoms in total. The summed E-state index contributed by atoms with van der Waals surface area (Å²) in [5.74, 6) is -0.156. The van der Waals surface area contributed by atoms with Crippen LogP contribution < -0.4 is 0 Å². The molecule has 0 radical (unpaired) electrons. The van der Waals surface area contributed by atoms with Crippen LogP contribution in [-0.4, -0.2) is 10.8 Å². The normalized spacial score (nSPS) is 13.9. The molecule has 0 bridgehead atoms. The number of rotatable bonds is 3. The van der Waals surface area contributed by atoms with Crippen molar-refractivity contribution in [2.45, 2.75) is 20.8 Å². The first-order valence-corrected chi connectivity index (χ1v) is 3.84. The van der Waals surface area contributed by atoms with E-state index in [0.29, 0.717) is 0 Å². The topological polar surface area (TPSA) is 32.6 Å². The molecule has 0 aromatic heterocycles. The Balaban J connectivity index is 4.65. The van der Waals surface area contributed by atoms with E-state index in [2.05, 4.69) is 11.6 Å². The third kappa shape index (κ3) is 3.76. The molecule has 0 unspecified atom stereocenters. The zero-order valence-corrected chi connectivity index (χ0v) is 7.83. The fourth-order valence-electron chi connectivity index (χ4n) is 0.863. The highest BCUT2D eigenvalue weighted by Gasteiger charge is 1.95. The molecule has 0 rings (SSSR count). The van der Waals surface area contributed by atoms with Crippen LogP contribution in [-0.2, 0) is 0 Å². The zero-order chi connectivity index (χ0) is 9.56. The van der Waals surface area contributed by atoms with E-state index in [0.717, 1.165) is 11.3 Å². The van der Waals surface area contributed by atoms with Crippen molar-refractivity contribution in [3.8, 4) is 0 Å². The Hall–Kier alpha value is -1.31. The van der Waals surface area contributed by atoms with Crippen molar-refractivity contribution in [1.29, 1.82) is 0 Å². The van der Waals surface area contributed by atoms with Gasteiger partial charge in [0.1, 0.15) is 0 Å². The smallest absolute Gasteiger partial charge is 0.203 e. The standard InChI is InChI=1S/C10H15NO/c1-5-7-10(6-2)8(3)11-9(4)12/h5-7,12H,4H2,1-3H3/b7-5-,10-6+,11-8?. The van der Waals surface area contributed by atoms with Crippen LogP contribution in [0.5, 0.6) is 0 Å². The molecule has 12 heavy (non-hydrogen) atoms. The van der Waals surface area contributed by atoms with Crippen LogP contribution >= 0.6 is 0 Å². The number of aliphatic imine (C=N–C) groups is 1. The predicted octanol–water partition coefficient (Wildman–Crippen LogP) is 3.00. The number of allylic oxidation sites excluding steroid dienone is 4. The summed E-state index contributed by atoms with van der Waals surface area (Å²) in [6, 6.07) is 0. The van der Waals surface area contributed by atoms with Crippen LogP contribution in [0.1, 0.15) is 20.8 Å². The van der Waals surface area contributed by atoms with E-state index < -0.39 is 0 Å². The molecule has 0 aromatic rings. The molecule has 0 aliphatic carbocycles. The van der Waals surface area contributed by atoms with Gasteiger partial charge in [-0.3, -0.25) is 0 Å². The second kappa shape index (κ2) is 5.35. The Morgan fingerprint density at radius 1 is 1.42 bits per heavy atom. The van der Waals surface area contributed by atoms with Crippen LogP contribution in [0, 0.1) is 0 Å². The molecular formula is C10H15NO. The Morgan fingerprint density at radius 3 is 2.33 bits per heavy atom. The summed E-state index contributed by atoms with van der Waals surface area (Å²) in [5.41, 5.74) is 1.76. The van der Waals surface area contributed by atoms with Crippen LogP contribution in [0.3, 0.4) is 0 Å². The lowest BCUT2D eigenvalue weighted by Gasteiger charge is -1.99. The van der Waals surface area contributed by atoms with E-state index in [4.69, 9.17) is 5.11 Å². The fraction of sp³-hybridized carbons (Fsp3) is 0.300. The molecule has 0 saturated heterocycles. The molecule has 0 aromatic carbocycles. The highest BCUT2D eigenvalue weighted by atomic mass is 16.3. The summed E-state index contributed by atoms with van der Waals surface area (Å²) in [4.78, 5) is 3.83. The van der Waals surface area contributed by atoms with Gasteiger partial charge in [0, 0.05) is 5.71 Å².